The zero-order chi connectivity index (χ0) is 13.7. The van der Waals surface area contributed by atoms with Crippen molar-refractivity contribution < 1.29 is 14.7 Å². The number of nitrogens with one attached hydrogen (secondary N) is 1. The third-order valence-corrected chi connectivity index (χ3v) is 4.69. The van der Waals surface area contributed by atoms with Gasteiger partial charge in [0.2, 0.25) is 5.91 Å². The first-order chi connectivity index (χ1) is 8.15. The molecule has 2 aliphatic rings. The number of carboxylic acid groups (broad SMARTS) is 1. The van der Waals surface area contributed by atoms with Crippen LogP contribution in [0.25, 0.3) is 0 Å². The normalized spacial score (nSPS) is 36.1. The van der Waals surface area contributed by atoms with Gasteiger partial charge in [-0.3, -0.25) is 9.59 Å². The lowest BCUT2D eigenvalue weighted by atomic mass is 9.92. The van der Waals surface area contributed by atoms with Crippen molar-refractivity contribution in [3.05, 3.63) is 0 Å². The van der Waals surface area contributed by atoms with Gasteiger partial charge in [0.1, 0.15) is 0 Å². The van der Waals surface area contributed by atoms with Gasteiger partial charge in [-0.2, -0.15) is 0 Å². The molecule has 0 aromatic rings. The average molecular weight is 253 g/mol. The van der Waals surface area contributed by atoms with Crippen LogP contribution in [0.5, 0.6) is 0 Å². The van der Waals surface area contributed by atoms with Gasteiger partial charge in [0.15, 0.2) is 0 Å². The topological polar surface area (TPSA) is 66.4 Å². The standard InChI is InChI=1S/C14H23NO3/c1-13(2)6-5-8(7-13)15-11(16)9-10(12(17)18)14(9,3)4/h8-10H,5-7H2,1-4H3,(H,15,16)(H,17,18)/t8?,9-,10+/m1/s1. The zero-order valence-corrected chi connectivity index (χ0v) is 11.6. The Labute approximate surface area is 108 Å². The summed E-state index contributed by atoms with van der Waals surface area (Å²) in [6.45, 7) is 8.13. The van der Waals surface area contributed by atoms with Crippen molar-refractivity contribution in [3.8, 4) is 0 Å². The molecule has 0 aliphatic heterocycles. The van der Waals surface area contributed by atoms with Crippen molar-refractivity contribution in [2.45, 2.75) is 53.0 Å². The number of carbonyl (C=O) groups excluding carboxylic acids is 1. The van der Waals surface area contributed by atoms with Crippen molar-refractivity contribution in [3.63, 3.8) is 0 Å². The minimum Gasteiger partial charge on any atom is -0.481 e. The van der Waals surface area contributed by atoms with E-state index in [0.717, 1.165) is 19.3 Å². The summed E-state index contributed by atoms with van der Waals surface area (Å²) in [5.74, 6) is -1.81. The second kappa shape index (κ2) is 3.97. The predicted octanol–water partition coefficient (Wildman–Crippen LogP) is 2.04. The zero-order valence-electron chi connectivity index (χ0n) is 11.6. The van der Waals surface area contributed by atoms with Gasteiger partial charge in [0.05, 0.1) is 11.8 Å². The number of amides is 1. The first-order valence-electron chi connectivity index (χ1n) is 6.68. The molecule has 2 saturated carbocycles. The second-order valence-corrected chi connectivity index (χ2v) is 7.23. The van der Waals surface area contributed by atoms with Crippen LogP contribution in [0.1, 0.15) is 47.0 Å². The molecule has 4 heteroatoms. The third-order valence-electron chi connectivity index (χ3n) is 4.69. The van der Waals surface area contributed by atoms with Crippen LogP contribution in [0.2, 0.25) is 0 Å². The van der Waals surface area contributed by atoms with Crippen molar-refractivity contribution in [1.29, 1.82) is 0 Å². The Hall–Kier alpha value is -1.06. The smallest absolute Gasteiger partial charge is 0.307 e. The molecule has 4 nitrogen and oxygen atoms in total. The maximum absolute atomic E-state index is 12.1. The maximum atomic E-state index is 12.1. The molecule has 0 heterocycles. The van der Waals surface area contributed by atoms with Gasteiger partial charge in [-0.25, -0.2) is 0 Å². The molecule has 18 heavy (non-hydrogen) atoms. The summed E-state index contributed by atoms with van der Waals surface area (Å²) in [6, 6.07) is 0.221. The van der Waals surface area contributed by atoms with Crippen molar-refractivity contribution in [1.82, 2.24) is 5.32 Å². The van der Waals surface area contributed by atoms with Crippen LogP contribution in [0.15, 0.2) is 0 Å². The van der Waals surface area contributed by atoms with Crippen LogP contribution < -0.4 is 5.32 Å². The monoisotopic (exact) mass is 253 g/mol. The summed E-state index contributed by atoms with van der Waals surface area (Å²) >= 11 is 0. The lowest BCUT2D eigenvalue weighted by molar-refractivity contribution is -0.140. The number of aliphatic carboxylic acids is 1. The van der Waals surface area contributed by atoms with E-state index in [1.165, 1.54) is 0 Å². The van der Waals surface area contributed by atoms with Gasteiger partial charge in [-0.15, -0.1) is 0 Å². The fourth-order valence-electron chi connectivity index (χ4n) is 3.44. The lowest BCUT2D eigenvalue weighted by Gasteiger charge is -2.18. The summed E-state index contributed by atoms with van der Waals surface area (Å²) in [5, 5.41) is 12.1. The number of hydrogen-bond acceptors (Lipinski definition) is 2. The quantitative estimate of drug-likeness (QED) is 0.809. The van der Waals surface area contributed by atoms with E-state index in [2.05, 4.69) is 19.2 Å². The van der Waals surface area contributed by atoms with Crippen LogP contribution in [0.4, 0.5) is 0 Å². The van der Waals surface area contributed by atoms with Crippen LogP contribution >= 0.6 is 0 Å². The summed E-state index contributed by atoms with van der Waals surface area (Å²) in [5.41, 5.74) is -0.104. The molecule has 1 unspecified atom stereocenters. The third kappa shape index (κ3) is 2.25. The van der Waals surface area contributed by atoms with E-state index < -0.39 is 17.3 Å². The van der Waals surface area contributed by atoms with Crippen LogP contribution in [-0.4, -0.2) is 23.0 Å². The lowest BCUT2D eigenvalue weighted by Crippen LogP contribution is -2.35. The SMILES string of the molecule is CC1(C)CCC(NC(=O)[C@H]2[C@@H](C(=O)O)C2(C)C)C1. The van der Waals surface area contributed by atoms with Gasteiger partial charge in [0, 0.05) is 6.04 Å². The predicted molar refractivity (Wildman–Crippen MR) is 68.0 cm³/mol. The average Bonchev–Trinajstić information content (AvgIpc) is 2.62. The Kier molecular flexibility index (Phi) is 2.95. The molecular weight excluding hydrogens is 230 g/mol. The largest absolute Gasteiger partial charge is 0.481 e. The highest BCUT2D eigenvalue weighted by molar-refractivity contribution is 5.91. The summed E-state index contributed by atoms with van der Waals surface area (Å²) in [4.78, 5) is 23.2. The van der Waals surface area contributed by atoms with Gasteiger partial charge in [0.25, 0.3) is 0 Å². The summed E-state index contributed by atoms with van der Waals surface area (Å²) < 4.78 is 0. The Morgan fingerprint density at radius 3 is 2.17 bits per heavy atom. The number of carbonyl (C=O) groups is 2. The second-order valence-electron chi connectivity index (χ2n) is 7.23. The van der Waals surface area contributed by atoms with E-state index in [0.29, 0.717) is 5.41 Å². The molecule has 3 atom stereocenters. The maximum Gasteiger partial charge on any atom is 0.307 e. The molecule has 0 radical (unpaired) electrons. The van der Waals surface area contributed by atoms with E-state index in [4.69, 9.17) is 5.11 Å². The molecule has 2 rings (SSSR count). The van der Waals surface area contributed by atoms with Gasteiger partial charge in [-0.05, 0) is 30.1 Å². The van der Waals surface area contributed by atoms with E-state index in [1.54, 1.807) is 0 Å². The first kappa shape index (κ1) is 13.4. The number of rotatable bonds is 3. The van der Waals surface area contributed by atoms with Gasteiger partial charge in [-0.1, -0.05) is 27.7 Å². The van der Waals surface area contributed by atoms with Crippen molar-refractivity contribution >= 4 is 11.9 Å². The highest BCUT2D eigenvalue weighted by Gasteiger charge is 2.66. The molecule has 0 aromatic heterocycles. The Balaban J connectivity index is 1.93. The molecule has 0 spiro atoms. The van der Waals surface area contributed by atoms with Crippen molar-refractivity contribution in [2.75, 3.05) is 0 Å². The van der Waals surface area contributed by atoms with E-state index in [1.807, 2.05) is 13.8 Å². The molecule has 2 aliphatic carbocycles. The highest BCUT2D eigenvalue weighted by Crippen LogP contribution is 2.58. The summed E-state index contributed by atoms with van der Waals surface area (Å²) in [6.07, 6.45) is 3.11. The molecular formula is C14H23NO3. The van der Waals surface area contributed by atoms with Crippen LogP contribution in [0, 0.1) is 22.7 Å². The molecule has 2 N–H and O–H groups in total. The Bertz CT molecular complexity index is 387. The van der Waals surface area contributed by atoms with E-state index in [-0.39, 0.29) is 17.9 Å². The van der Waals surface area contributed by atoms with E-state index >= 15 is 0 Å². The molecule has 102 valence electrons. The molecule has 0 aromatic carbocycles. The Morgan fingerprint density at radius 1 is 1.17 bits per heavy atom. The van der Waals surface area contributed by atoms with Crippen molar-refractivity contribution in [2.24, 2.45) is 22.7 Å². The van der Waals surface area contributed by atoms with E-state index in [9.17, 15) is 9.59 Å². The Morgan fingerprint density at radius 2 is 1.78 bits per heavy atom. The van der Waals surface area contributed by atoms with Crippen LogP contribution in [-0.2, 0) is 9.59 Å². The molecule has 0 saturated heterocycles. The van der Waals surface area contributed by atoms with Gasteiger partial charge < -0.3 is 10.4 Å². The molecule has 1 amide bonds. The fraction of sp³-hybridized carbons (Fsp3) is 0.857. The molecule has 0 bridgehead atoms. The highest BCUT2D eigenvalue weighted by atomic mass is 16.4. The number of hydrogen-bond donors (Lipinski definition) is 2. The fourth-order valence-corrected chi connectivity index (χ4v) is 3.44. The number of carboxylic acids is 1. The van der Waals surface area contributed by atoms with Gasteiger partial charge >= 0.3 is 5.97 Å². The minimum absolute atomic E-state index is 0.0740. The summed E-state index contributed by atoms with van der Waals surface area (Å²) in [7, 11) is 0. The molecule has 2 fully saturated rings. The first-order valence-corrected chi connectivity index (χ1v) is 6.68. The van der Waals surface area contributed by atoms with Crippen LogP contribution in [0.3, 0.4) is 0 Å². The minimum atomic E-state index is -0.855.